The van der Waals surface area contributed by atoms with E-state index in [2.05, 4.69) is 208 Å². The van der Waals surface area contributed by atoms with E-state index < -0.39 is 0 Å². The number of aromatic nitrogens is 2. The Labute approximate surface area is 332 Å². The Kier molecular flexibility index (Phi) is 7.55. The van der Waals surface area contributed by atoms with Crippen molar-refractivity contribution in [1.82, 2.24) is 9.97 Å². The molecule has 0 unspecified atom stereocenters. The summed E-state index contributed by atoms with van der Waals surface area (Å²) in [7, 11) is 0. The fourth-order valence-electron chi connectivity index (χ4n) is 9.30. The van der Waals surface area contributed by atoms with Gasteiger partial charge in [-0.1, -0.05) is 190 Å². The van der Waals surface area contributed by atoms with Crippen LogP contribution in [-0.2, 0) is 5.41 Å². The van der Waals surface area contributed by atoms with Crippen LogP contribution in [0.4, 0.5) is 0 Å². The molecule has 0 radical (unpaired) electrons. The zero-order valence-electron chi connectivity index (χ0n) is 31.9. The van der Waals surface area contributed by atoms with Crippen molar-refractivity contribution in [2.75, 3.05) is 0 Å². The van der Waals surface area contributed by atoms with E-state index in [9.17, 15) is 0 Å². The molecule has 1 aromatic heterocycles. The van der Waals surface area contributed by atoms with Crippen molar-refractivity contribution in [3.63, 3.8) is 0 Å². The van der Waals surface area contributed by atoms with Gasteiger partial charge in [0.2, 0.25) is 0 Å². The molecule has 0 saturated carbocycles. The fourth-order valence-corrected chi connectivity index (χ4v) is 9.30. The van der Waals surface area contributed by atoms with Crippen LogP contribution in [0.5, 0.6) is 0 Å². The summed E-state index contributed by atoms with van der Waals surface area (Å²) in [5.74, 6) is 0.709. The lowest BCUT2D eigenvalue weighted by Gasteiger charge is -2.22. The first-order valence-electron chi connectivity index (χ1n) is 19.7. The molecule has 1 aliphatic carbocycles. The van der Waals surface area contributed by atoms with E-state index in [0.717, 1.165) is 39.0 Å². The van der Waals surface area contributed by atoms with Crippen LogP contribution in [0.3, 0.4) is 0 Å². The molecule has 0 N–H and O–H groups in total. The summed E-state index contributed by atoms with van der Waals surface area (Å²) >= 11 is 0. The zero-order chi connectivity index (χ0) is 38.1. The number of hydrogen-bond donors (Lipinski definition) is 0. The Hall–Kier alpha value is -7.16. The first-order chi connectivity index (χ1) is 28.0. The van der Waals surface area contributed by atoms with Crippen LogP contribution in [0.2, 0.25) is 0 Å². The van der Waals surface area contributed by atoms with Gasteiger partial charge in [0.15, 0.2) is 5.82 Å². The van der Waals surface area contributed by atoms with E-state index in [1.54, 1.807) is 0 Å². The minimum atomic E-state index is -0.118. The normalized spacial score (nSPS) is 12.9. The lowest BCUT2D eigenvalue weighted by atomic mass is 9.81. The van der Waals surface area contributed by atoms with E-state index in [0.29, 0.717) is 5.82 Å². The summed E-state index contributed by atoms with van der Waals surface area (Å²) in [5.41, 5.74) is 15.1. The predicted octanol–water partition coefficient (Wildman–Crippen LogP) is 14.6. The van der Waals surface area contributed by atoms with Gasteiger partial charge in [0.1, 0.15) is 0 Å². The summed E-state index contributed by atoms with van der Waals surface area (Å²) in [6.07, 6.45) is 0. The fraction of sp³-hybridized carbons (Fsp3) is 0.0545. The minimum absolute atomic E-state index is 0.118. The van der Waals surface area contributed by atoms with Gasteiger partial charge in [-0.2, -0.15) is 0 Å². The molecular formula is C55H38N2. The SMILES string of the molecule is CC1(C)c2cccc(-c3ccc(-c4nc(-c5ccccc5)cc(-c5cccc(-c6cccc7ccccc67)c5)n4)c4ccccc34)c2-c2c1ccc1ccccc21. The molecule has 57 heavy (non-hydrogen) atoms. The third kappa shape index (κ3) is 5.33. The molecule has 0 fully saturated rings. The first-order valence-corrected chi connectivity index (χ1v) is 19.7. The average molecular weight is 727 g/mol. The Bertz CT molecular complexity index is 3210. The highest BCUT2D eigenvalue weighted by molar-refractivity contribution is 6.11. The second-order valence-corrected chi connectivity index (χ2v) is 15.7. The minimum Gasteiger partial charge on any atom is -0.228 e. The Morgan fingerprint density at radius 2 is 0.877 bits per heavy atom. The quantitative estimate of drug-likeness (QED) is 0.176. The van der Waals surface area contributed by atoms with Crippen molar-refractivity contribution in [3.8, 4) is 67.3 Å². The highest BCUT2D eigenvalue weighted by Crippen LogP contribution is 2.55. The van der Waals surface area contributed by atoms with Gasteiger partial charge in [-0.25, -0.2) is 9.97 Å². The number of nitrogens with zero attached hydrogens (tertiary/aromatic N) is 2. The van der Waals surface area contributed by atoms with Crippen LogP contribution in [0.1, 0.15) is 25.0 Å². The van der Waals surface area contributed by atoms with Gasteiger partial charge in [-0.3, -0.25) is 0 Å². The molecule has 9 aromatic carbocycles. The summed E-state index contributed by atoms with van der Waals surface area (Å²) in [5, 5.41) is 7.35. The van der Waals surface area contributed by atoms with Gasteiger partial charge in [0.05, 0.1) is 11.4 Å². The van der Waals surface area contributed by atoms with Gasteiger partial charge in [0.25, 0.3) is 0 Å². The van der Waals surface area contributed by atoms with Crippen LogP contribution in [0.15, 0.2) is 194 Å². The summed E-state index contributed by atoms with van der Waals surface area (Å²) in [6.45, 7) is 4.73. The molecular weight excluding hydrogens is 689 g/mol. The topological polar surface area (TPSA) is 25.8 Å². The van der Waals surface area contributed by atoms with E-state index in [-0.39, 0.29) is 5.41 Å². The lowest BCUT2D eigenvalue weighted by Crippen LogP contribution is -2.14. The van der Waals surface area contributed by atoms with Gasteiger partial charge >= 0.3 is 0 Å². The van der Waals surface area contributed by atoms with Crippen LogP contribution in [0, 0.1) is 0 Å². The molecule has 0 aliphatic heterocycles. The van der Waals surface area contributed by atoms with Crippen LogP contribution < -0.4 is 0 Å². The average Bonchev–Trinajstić information content (AvgIpc) is 3.52. The molecule has 1 heterocycles. The third-order valence-electron chi connectivity index (χ3n) is 12.1. The summed E-state index contributed by atoms with van der Waals surface area (Å²) < 4.78 is 0. The molecule has 1 aliphatic rings. The number of hydrogen-bond acceptors (Lipinski definition) is 2. The molecule has 0 amide bonds. The third-order valence-corrected chi connectivity index (χ3v) is 12.1. The van der Waals surface area contributed by atoms with Gasteiger partial charge in [-0.05, 0) is 95.0 Å². The maximum Gasteiger partial charge on any atom is 0.161 e. The van der Waals surface area contributed by atoms with Crippen molar-refractivity contribution in [2.45, 2.75) is 19.3 Å². The molecule has 0 spiro atoms. The predicted molar refractivity (Wildman–Crippen MR) is 239 cm³/mol. The Balaban J connectivity index is 1.11. The molecule has 10 aromatic rings. The van der Waals surface area contributed by atoms with Crippen LogP contribution >= 0.6 is 0 Å². The molecule has 0 bridgehead atoms. The first kappa shape index (κ1) is 33.2. The Morgan fingerprint density at radius 3 is 1.68 bits per heavy atom. The molecule has 2 heteroatoms. The van der Waals surface area contributed by atoms with E-state index in [1.165, 1.54) is 65.9 Å². The maximum absolute atomic E-state index is 5.38. The molecule has 2 nitrogen and oxygen atoms in total. The smallest absolute Gasteiger partial charge is 0.161 e. The second kappa shape index (κ2) is 13.0. The number of fused-ring (bicyclic) bond motifs is 7. The molecule has 268 valence electrons. The second-order valence-electron chi connectivity index (χ2n) is 15.7. The highest BCUT2D eigenvalue weighted by atomic mass is 14.9. The number of rotatable bonds is 5. The van der Waals surface area contributed by atoms with Crippen molar-refractivity contribution in [1.29, 1.82) is 0 Å². The highest BCUT2D eigenvalue weighted by Gasteiger charge is 2.38. The van der Waals surface area contributed by atoms with Crippen molar-refractivity contribution in [2.24, 2.45) is 0 Å². The van der Waals surface area contributed by atoms with Crippen LogP contribution in [0.25, 0.3) is 99.6 Å². The largest absolute Gasteiger partial charge is 0.228 e. The molecule has 11 rings (SSSR count). The number of benzene rings is 9. The van der Waals surface area contributed by atoms with Gasteiger partial charge in [-0.15, -0.1) is 0 Å². The Morgan fingerprint density at radius 1 is 0.333 bits per heavy atom. The van der Waals surface area contributed by atoms with E-state index in [4.69, 9.17) is 9.97 Å². The van der Waals surface area contributed by atoms with Gasteiger partial charge in [0, 0.05) is 22.1 Å². The van der Waals surface area contributed by atoms with Crippen molar-refractivity contribution in [3.05, 3.63) is 205 Å². The standard InChI is InChI=1S/C55H38N2/c1-55(2)48-28-14-27-46(53(48)52-42-23-9-7-16-36(42)29-32-49(52)55)45-30-31-47(44-25-11-10-24-43(44)45)54-56-50(37-17-4-3-5-18-37)34-51(57-54)39-21-12-20-38(33-39)41-26-13-19-35-15-6-8-22-40(35)41/h3-34H,1-2H3. The van der Waals surface area contributed by atoms with Crippen molar-refractivity contribution >= 4 is 32.3 Å². The lowest BCUT2D eigenvalue weighted by molar-refractivity contribution is 0.661. The van der Waals surface area contributed by atoms with E-state index >= 15 is 0 Å². The maximum atomic E-state index is 5.38. The van der Waals surface area contributed by atoms with Crippen LogP contribution in [-0.4, -0.2) is 9.97 Å². The summed E-state index contributed by atoms with van der Waals surface area (Å²) in [4.78, 5) is 10.7. The summed E-state index contributed by atoms with van der Waals surface area (Å²) in [6, 6.07) is 70.1. The molecule has 0 atom stereocenters. The van der Waals surface area contributed by atoms with Gasteiger partial charge < -0.3 is 0 Å². The van der Waals surface area contributed by atoms with E-state index in [1.807, 2.05) is 0 Å². The van der Waals surface area contributed by atoms with Crippen molar-refractivity contribution < 1.29 is 0 Å². The monoisotopic (exact) mass is 726 g/mol. The molecule has 0 saturated heterocycles. The zero-order valence-corrected chi connectivity index (χ0v) is 31.9.